The minimum Gasteiger partial charge on any atom is -0.466 e. The molecule has 9 nitrogen and oxygen atoms in total. The van der Waals surface area contributed by atoms with Gasteiger partial charge in [0, 0.05) is 18.1 Å². The third kappa shape index (κ3) is 5.53. The van der Waals surface area contributed by atoms with E-state index in [9.17, 15) is 24.3 Å². The molecule has 1 heterocycles. The molecule has 2 aliphatic rings. The Labute approximate surface area is 186 Å². The number of hydrogen-bond donors (Lipinski definition) is 1. The van der Waals surface area contributed by atoms with Gasteiger partial charge in [0.15, 0.2) is 12.2 Å². The van der Waals surface area contributed by atoms with Crippen LogP contribution < -0.4 is 0 Å². The third-order valence-corrected chi connectivity index (χ3v) is 5.37. The van der Waals surface area contributed by atoms with Crippen LogP contribution in [0.1, 0.15) is 33.6 Å². The summed E-state index contributed by atoms with van der Waals surface area (Å²) in [5, 5.41) is 9.72. The van der Waals surface area contributed by atoms with E-state index in [0.29, 0.717) is 12.0 Å². The van der Waals surface area contributed by atoms with Gasteiger partial charge in [0.1, 0.15) is 6.10 Å². The number of fused-ring (bicyclic) bond motifs is 1. The maximum absolute atomic E-state index is 12.7. The summed E-state index contributed by atoms with van der Waals surface area (Å²) in [4.78, 5) is 49.6. The van der Waals surface area contributed by atoms with Crippen molar-refractivity contribution in [1.29, 1.82) is 0 Å². The number of methoxy groups -OCH3 is 1. The van der Waals surface area contributed by atoms with E-state index in [0.717, 1.165) is 6.92 Å². The zero-order valence-electron chi connectivity index (χ0n) is 18.6. The zero-order chi connectivity index (χ0) is 24.0. The number of esters is 4. The van der Waals surface area contributed by atoms with E-state index in [1.54, 1.807) is 13.0 Å². The fourth-order valence-electron chi connectivity index (χ4n) is 3.57. The molecule has 1 N–H and O–H groups in total. The van der Waals surface area contributed by atoms with Gasteiger partial charge in [-0.25, -0.2) is 14.4 Å². The summed E-state index contributed by atoms with van der Waals surface area (Å²) in [5.41, 5.74) is 0.764. The highest BCUT2D eigenvalue weighted by Gasteiger charge is 2.50. The Morgan fingerprint density at radius 2 is 1.97 bits per heavy atom. The van der Waals surface area contributed by atoms with E-state index in [4.69, 9.17) is 18.9 Å². The van der Waals surface area contributed by atoms with E-state index in [2.05, 4.69) is 6.58 Å². The molecule has 1 aliphatic carbocycles. The maximum atomic E-state index is 12.7. The highest BCUT2D eigenvalue weighted by Crippen LogP contribution is 2.38. The fourth-order valence-corrected chi connectivity index (χ4v) is 3.57. The van der Waals surface area contributed by atoms with Gasteiger partial charge < -0.3 is 24.1 Å². The van der Waals surface area contributed by atoms with Crippen molar-refractivity contribution in [2.24, 2.45) is 5.92 Å². The Kier molecular flexibility index (Phi) is 8.54. The average molecular weight is 448 g/mol. The average Bonchev–Trinajstić information content (AvgIpc) is 3.04. The van der Waals surface area contributed by atoms with Gasteiger partial charge in [-0.3, -0.25) is 4.79 Å². The van der Waals surface area contributed by atoms with Crippen LogP contribution >= 0.6 is 0 Å². The number of hydrogen-bond acceptors (Lipinski definition) is 9. The van der Waals surface area contributed by atoms with Crippen LogP contribution in [0.3, 0.4) is 0 Å². The molecular formula is C23H28O9. The van der Waals surface area contributed by atoms with Gasteiger partial charge in [0.2, 0.25) is 0 Å². The van der Waals surface area contributed by atoms with Gasteiger partial charge in [-0.15, -0.1) is 0 Å². The Hall–Kier alpha value is -3.20. The molecular weight excluding hydrogens is 420 g/mol. The fraction of sp³-hybridized carbons (Fsp3) is 0.478. The summed E-state index contributed by atoms with van der Waals surface area (Å²) >= 11 is 0. The molecule has 1 saturated heterocycles. The summed E-state index contributed by atoms with van der Waals surface area (Å²) in [6.07, 6.45) is 1.59. The molecule has 0 spiro atoms. The van der Waals surface area contributed by atoms with Crippen LogP contribution in [0.2, 0.25) is 0 Å². The van der Waals surface area contributed by atoms with Crippen molar-refractivity contribution >= 4 is 23.9 Å². The van der Waals surface area contributed by atoms with Crippen molar-refractivity contribution in [3.8, 4) is 0 Å². The van der Waals surface area contributed by atoms with Crippen LogP contribution in [0.4, 0.5) is 0 Å². The molecule has 2 rings (SSSR count). The van der Waals surface area contributed by atoms with Crippen molar-refractivity contribution < 1.29 is 43.2 Å². The first-order valence-corrected chi connectivity index (χ1v) is 10.1. The second-order valence-electron chi connectivity index (χ2n) is 7.47. The normalized spacial score (nSPS) is 29.5. The summed E-state index contributed by atoms with van der Waals surface area (Å²) in [6.45, 7) is 7.80. The Morgan fingerprint density at radius 1 is 1.28 bits per heavy atom. The smallest absolute Gasteiger partial charge is 0.337 e. The molecule has 0 saturated carbocycles. The van der Waals surface area contributed by atoms with E-state index in [1.807, 2.05) is 0 Å². The highest BCUT2D eigenvalue weighted by atomic mass is 16.6. The van der Waals surface area contributed by atoms with Crippen molar-refractivity contribution in [3.63, 3.8) is 0 Å². The first-order valence-electron chi connectivity index (χ1n) is 10.1. The first-order chi connectivity index (χ1) is 15.1. The predicted octanol–water partition coefficient (Wildman–Crippen LogP) is 1.71. The number of ether oxygens (including phenoxy) is 4. The van der Waals surface area contributed by atoms with Crippen molar-refractivity contribution in [3.05, 3.63) is 47.1 Å². The minimum atomic E-state index is -1.38. The molecule has 0 amide bonds. The number of aliphatic hydroxyl groups excluding tert-OH is 1. The van der Waals surface area contributed by atoms with Crippen molar-refractivity contribution in [1.82, 2.24) is 0 Å². The molecule has 32 heavy (non-hydrogen) atoms. The van der Waals surface area contributed by atoms with E-state index < -0.39 is 48.1 Å². The molecule has 174 valence electrons. The monoisotopic (exact) mass is 448 g/mol. The standard InChI is InChI=1S/C23H28O9/c1-6-12(2)21(26)32-20-18-13(3)22(27)31-17(18)10-15(11-24)8-7-9-16(23(28)29-5)19(20)30-14(4)25/h6,9-10,17-20,24H,3,7-8,11H2,1-2,4-5H3/b12-6-,15-10+,16-9+/t17-,18+,19-,20?/m1/s1. The van der Waals surface area contributed by atoms with Gasteiger partial charge in [0.05, 0.1) is 25.2 Å². The number of carbonyl (C=O) groups is 4. The molecule has 1 fully saturated rings. The SMILES string of the molecule is C=C1C(=O)O[C@@H]2/C=C(/CO)CC/C=C(/C(=O)OC)[C@@H](OC(C)=O)C(OC(=O)/C(C)=C\C)[C@@H]12. The zero-order valence-corrected chi connectivity index (χ0v) is 18.6. The van der Waals surface area contributed by atoms with E-state index >= 15 is 0 Å². The van der Waals surface area contributed by atoms with Crippen LogP contribution in [0, 0.1) is 5.92 Å². The maximum Gasteiger partial charge on any atom is 0.337 e. The summed E-state index contributed by atoms with van der Waals surface area (Å²) in [5.74, 6) is -3.95. The lowest BCUT2D eigenvalue weighted by molar-refractivity contribution is -0.167. The Balaban J connectivity index is 2.73. The van der Waals surface area contributed by atoms with Crippen LogP contribution in [-0.2, 0) is 38.1 Å². The minimum absolute atomic E-state index is 0.0126. The molecule has 0 aromatic heterocycles. The lowest BCUT2D eigenvalue weighted by Gasteiger charge is -2.33. The van der Waals surface area contributed by atoms with Gasteiger partial charge in [-0.1, -0.05) is 18.7 Å². The first kappa shape index (κ1) is 25.1. The second-order valence-corrected chi connectivity index (χ2v) is 7.47. The molecule has 1 aliphatic heterocycles. The van der Waals surface area contributed by atoms with Gasteiger partial charge in [-0.05, 0) is 38.3 Å². The van der Waals surface area contributed by atoms with Crippen molar-refractivity contribution in [2.45, 2.75) is 51.9 Å². The lowest BCUT2D eigenvalue weighted by atomic mass is 9.83. The molecule has 9 heteroatoms. The van der Waals surface area contributed by atoms with E-state index in [1.165, 1.54) is 26.2 Å². The quantitative estimate of drug-likeness (QED) is 0.289. The second kappa shape index (κ2) is 10.9. The van der Waals surface area contributed by atoms with Gasteiger partial charge >= 0.3 is 23.9 Å². The highest BCUT2D eigenvalue weighted by molar-refractivity contribution is 5.93. The molecule has 0 bridgehead atoms. The largest absolute Gasteiger partial charge is 0.466 e. The number of aliphatic hydroxyl groups is 1. The Morgan fingerprint density at radius 3 is 2.53 bits per heavy atom. The van der Waals surface area contributed by atoms with Crippen molar-refractivity contribution in [2.75, 3.05) is 13.7 Å². The summed E-state index contributed by atoms with van der Waals surface area (Å²) < 4.78 is 21.4. The number of allylic oxidation sites excluding steroid dienone is 2. The van der Waals surface area contributed by atoms with Gasteiger partial charge in [-0.2, -0.15) is 0 Å². The van der Waals surface area contributed by atoms with Crippen LogP contribution in [0.25, 0.3) is 0 Å². The molecule has 1 unspecified atom stereocenters. The number of carbonyl (C=O) groups excluding carboxylic acids is 4. The van der Waals surface area contributed by atoms with Gasteiger partial charge in [0.25, 0.3) is 0 Å². The van der Waals surface area contributed by atoms with E-state index in [-0.39, 0.29) is 29.7 Å². The predicted molar refractivity (Wildman–Crippen MR) is 112 cm³/mol. The number of rotatable bonds is 5. The lowest BCUT2D eigenvalue weighted by Crippen LogP contribution is -2.46. The molecule has 4 atom stereocenters. The summed E-state index contributed by atoms with van der Waals surface area (Å²) in [6, 6.07) is 0. The molecule has 0 aromatic rings. The van der Waals surface area contributed by atoms with Crippen LogP contribution in [0.5, 0.6) is 0 Å². The van der Waals surface area contributed by atoms with Crippen LogP contribution in [0.15, 0.2) is 47.1 Å². The summed E-state index contributed by atoms with van der Waals surface area (Å²) in [7, 11) is 1.17. The van der Waals surface area contributed by atoms with Crippen LogP contribution in [-0.4, -0.2) is 61.0 Å². The Bertz CT molecular complexity index is 893. The molecule has 0 radical (unpaired) electrons. The third-order valence-electron chi connectivity index (χ3n) is 5.37. The topological polar surface area (TPSA) is 125 Å². The molecule has 0 aromatic carbocycles.